The van der Waals surface area contributed by atoms with Gasteiger partial charge in [-0.05, 0) is 19.1 Å². The van der Waals surface area contributed by atoms with E-state index in [0.29, 0.717) is 32.6 Å². The molecule has 24 heavy (non-hydrogen) atoms. The Kier molecular flexibility index (Phi) is 4.35. The van der Waals surface area contributed by atoms with Gasteiger partial charge in [-0.1, -0.05) is 0 Å². The average molecular weight is 331 g/mol. The highest BCUT2D eigenvalue weighted by molar-refractivity contribution is 5.97. The third-order valence-corrected chi connectivity index (χ3v) is 4.18. The SMILES string of the molecule is Cc1oc2c(C=O)c(O)ccc2c(=O)c1CC(=O)N1CCOCC1. The number of hydrogen-bond donors (Lipinski definition) is 1. The van der Waals surface area contributed by atoms with Crippen molar-refractivity contribution in [3.8, 4) is 5.75 Å². The van der Waals surface area contributed by atoms with Crippen LogP contribution in [0.1, 0.15) is 21.7 Å². The van der Waals surface area contributed by atoms with E-state index in [0.717, 1.165) is 0 Å². The van der Waals surface area contributed by atoms with Crippen LogP contribution in [0.4, 0.5) is 0 Å². The molecule has 1 aromatic heterocycles. The minimum Gasteiger partial charge on any atom is -0.507 e. The van der Waals surface area contributed by atoms with Gasteiger partial charge in [0, 0.05) is 18.7 Å². The lowest BCUT2D eigenvalue weighted by Crippen LogP contribution is -2.42. The fourth-order valence-electron chi connectivity index (χ4n) is 2.81. The van der Waals surface area contributed by atoms with E-state index < -0.39 is 0 Å². The Bertz CT molecular complexity index is 863. The Morgan fingerprint density at radius 2 is 2.04 bits per heavy atom. The van der Waals surface area contributed by atoms with Crippen molar-refractivity contribution in [2.24, 2.45) is 0 Å². The van der Waals surface area contributed by atoms with Gasteiger partial charge in [-0.3, -0.25) is 14.4 Å². The molecule has 0 atom stereocenters. The van der Waals surface area contributed by atoms with Crippen LogP contribution in [0, 0.1) is 6.92 Å². The maximum atomic E-state index is 12.7. The Labute approximate surface area is 137 Å². The molecule has 1 aromatic carbocycles. The minimum atomic E-state index is -0.363. The van der Waals surface area contributed by atoms with Gasteiger partial charge in [0.15, 0.2) is 17.3 Å². The largest absolute Gasteiger partial charge is 0.507 e. The summed E-state index contributed by atoms with van der Waals surface area (Å²) in [5.74, 6) is -0.151. The smallest absolute Gasteiger partial charge is 0.227 e. The third-order valence-electron chi connectivity index (χ3n) is 4.18. The fourth-order valence-corrected chi connectivity index (χ4v) is 2.81. The number of aryl methyl sites for hydroxylation is 1. The van der Waals surface area contributed by atoms with E-state index in [1.807, 2.05) is 0 Å². The molecule has 7 nitrogen and oxygen atoms in total. The fraction of sp³-hybridized carbons (Fsp3) is 0.353. The van der Waals surface area contributed by atoms with E-state index in [1.54, 1.807) is 11.8 Å². The quantitative estimate of drug-likeness (QED) is 0.844. The summed E-state index contributed by atoms with van der Waals surface area (Å²) in [7, 11) is 0. The molecule has 1 aliphatic heterocycles. The van der Waals surface area contributed by atoms with Crippen molar-refractivity contribution in [3.63, 3.8) is 0 Å². The van der Waals surface area contributed by atoms with Crippen molar-refractivity contribution < 1.29 is 23.8 Å². The molecular weight excluding hydrogens is 314 g/mol. The van der Waals surface area contributed by atoms with Gasteiger partial charge >= 0.3 is 0 Å². The molecule has 0 bridgehead atoms. The van der Waals surface area contributed by atoms with Crippen molar-refractivity contribution in [1.29, 1.82) is 0 Å². The zero-order valence-corrected chi connectivity index (χ0v) is 13.2. The van der Waals surface area contributed by atoms with Gasteiger partial charge in [-0.2, -0.15) is 0 Å². The van der Waals surface area contributed by atoms with Gasteiger partial charge in [0.25, 0.3) is 0 Å². The first-order valence-corrected chi connectivity index (χ1v) is 7.62. The lowest BCUT2D eigenvalue weighted by Gasteiger charge is -2.26. The molecule has 1 aliphatic rings. The topological polar surface area (TPSA) is 97.0 Å². The highest BCUT2D eigenvalue weighted by Gasteiger charge is 2.22. The Hall–Kier alpha value is -2.67. The Morgan fingerprint density at radius 3 is 2.71 bits per heavy atom. The number of nitrogens with zero attached hydrogens (tertiary/aromatic N) is 1. The summed E-state index contributed by atoms with van der Waals surface area (Å²) in [6.45, 7) is 3.54. The summed E-state index contributed by atoms with van der Waals surface area (Å²) < 4.78 is 10.8. The van der Waals surface area contributed by atoms with Gasteiger partial charge in [0.05, 0.1) is 30.6 Å². The van der Waals surface area contributed by atoms with Crippen LogP contribution in [0.2, 0.25) is 0 Å². The van der Waals surface area contributed by atoms with Crippen molar-refractivity contribution in [2.75, 3.05) is 26.3 Å². The van der Waals surface area contributed by atoms with Gasteiger partial charge < -0.3 is 19.2 Å². The van der Waals surface area contributed by atoms with Crippen LogP contribution in [0.3, 0.4) is 0 Å². The van der Waals surface area contributed by atoms with Crippen LogP contribution < -0.4 is 5.43 Å². The average Bonchev–Trinajstić information content (AvgIpc) is 2.59. The Balaban J connectivity index is 2.03. The predicted octanol–water partition coefficient (Wildman–Crippen LogP) is 1.02. The summed E-state index contributed by atoms with van der Waals surface area (Å²) in [5, 5.41) is 9.88. The zero-order chi connectivity index (χ0) is 17.3. The summed E-state index contributed by atoms with van der Waals surface area (Å²) in [6.07, 6.45) is 0.375. The van der Waals surface area contributed by atoms with E-state index in [1.165, 1.54) is 12.1 Å². The van der Waals surface area contributed by atoms with E-state index in [9.17, 15) is 19.5 Å². The normalized spacial score (nSPS) is 14.8. The predicted molar refractivity (Wildman–Crippen MR) is 85.4 cm³/mol. The number of aldehydes is 1. The van der Waals surface area contributed by atoms with Crippen LogP contribution in [-0.4, -0.2) is 48.5 Å². The van der Waals surface area contributed by atoms with Crippen molar-refractivity contribution in [3.05, 3.63) is 39.2 Å². The molecule has 0 saturated carbocycles. The van der Waals surface area contributed by atoms with Gasteiger partial charge in [0.2, 0.25) is 5.91 Å². The molecule has 2 aromatic rings. The molecule has 1 fully saturated rings. The maximum Gasteiger partial charge on any atom is 0.227 e. The summed E-state index contributed by atoms with van der Waals surface area (Å²) >= 11 is 0. The van der Waals surface area contributed by atoms with Gasteiger partial charge in [-0.25, -0.2) is 0 Å². The number of rotatable bonds is 3. The first-order chi connectivity index (χ1) is 11.5. The number of carbonyl (C=O) groups is 2. The number of amides is 1. The minimum absolute atomic E-state index is 0.0371. The van der Waals surface area contributed by atoms with Crippen molar-refractivity contribution in [2.45, 2.75) is 13.3 Å². The van der Waals surface area contributed by atoms with Crippen LogP contribution in [0.15, 0.2) is 21.3 Å². The molecule has 126 valence electrons. The Morgan fingerprint density at radius 1 is 1.33 bits per heavy atom. The number of aromatic hydroxyl groups is 1. The monoisotopic (exact) mass is 331 g/mol. The lowest BCUT2D eigenvalue weighted by atomic mass is 10.0. The van der Waals surface area contributed by atoms with Gasteiger partial charge in [-0.15, -0.1) is 0 Å². The summed E-state index contributed by atoms with van der Waals surface area (Å²) in [5.41, 5.74) is -0.131. The van der Waals surface area contributed by atoms with Crippen LogP contribution in [-0.2, 0) is 16.0 Å². The first kappa shape index (κ1) is 16.2. The molecule has 0 spiro atoms. The molecule has 3 rings (SSSR count). The number of phenolic OH excluding ortho intramolecular Hbond substituents is 1. The molecule has 1 amide bonds. The second-order valence-electron chi connectivity index (χ2n) is 5.63. The highest BCUT2D eigenvalue weighted by Crippen LogP contribution is 2.25. The lowest BCUT2D eigenvalue weighted by molar-refractivity contribution is -0.134. The standard InChI is InChI=1S/C17H17NO6/c1-10-12(8-15(21)18-4-6-23-7-5-18)16(22)11-2-3-14(20)13(9-19)17(11)24-10/h2-3,9,20H,4-8H2,1H3. The number of hydrogen-bond acceptors (Lipinski definition) is 6. The summed E-state index contributed by atoms with van der Waals surface area (Å²) in [4.78, 5) is 37.9. The second kappa shape index (κ2) is 6.45. The third kappa shape index (κ3) is 2.78. The number of ether oxygens (including phenoxy) is 1. The molecule has 2 heterocycles. The maximum absolute atomic E-state index is 12.7. The van der Waals surface area contributed by atoms with E-state index in [-0.39, 0.29) is 51.4 Å². The van der Waals surface area contributed by atoms with Gasteiger partial charge in [0.1, 0.15) is 11.5 Å². The van der Waals surface area contributed by atoms with Crippen LogP contribution in [0.25, 0.3) is 11.0 Å². The van der Waals surface area contributed by atoms with E-state index >= 15 is 0 Å². The van der Waals surface area contributed by atoms with Crippen LogP contribution in [0.5, 0.6) is 5.75 Å². The van der Waals surface area contributed by atoms with E-state index in [4.69, 9.17) is 9.15 Å². The molecule has 0 unspecified atom stereocenters. The number of phenols is 1. The first-order valence-electron chi connectivity index (χ1n) is 7.62. The highest BCUT2D eigenvalue weighted by atomic mass is 16.5. The summed E-state index contributed by atoms with van der Waals surface area (Å²) in [6, 6.07) is 2.66. The van der Waals surface area contributed by atoms with Crippen molar-refractivity contribution >= 4 is 23.2 Å². The number of fused-ring (bicyclic) bond motifs is 1. The zero-order valence-electron chi connectivity index (χ0n) is 13.2. The van der Waals surface area contributed by atoms with Crippen molar-refractivity contribution in [1.82, 2.24) is 4.90 Å². The molecule has 0 radical (unpaired) electrons. The number of carbonyl (C=O) groups excluding carboxylic acids is 2. The number of morpholine rings is 1. The molecular formula is C17H17NO6. The second-order valence-corrected chi connectivity index (χ2v) is 5.63. The van der Waals surface area contributed by atoms with E-state index in [2.05, 4.69) is 0 Å². The number of benzene rings is 1. The molecule has 0 aliphatic carbocycles. The molecule has 1 N–H and O–H groups in total. The molecule has 1 saturated heterocycles. The molecule has 7 heteroatoms. The van der Waals surface area contributed by atoms with Crippen LogP contribution >= 0.6 is 0 Å².